The summed E-state index contributed by atoms with van der Waals surface area (Å²) < 4.78 is 91.6. The number of anilines is 2. The number of rotatable bonds is 15. The van der Waals surface area contributed by atoms with E-state index in [1.54, 1.807) is 68.6 Å². The first kappa shape index (κ1) is 56.7. The molecule has 4 aromatic rings. The van der Waals surface area contributed by atoms with E-state index in [4.69, 9.17) is 34.5 Å². The molecule has 0 radical (unpaired) electrons. The molecule has 2 aliphatic heterocycles. The summed E-state index contributed by atoms with van der Waals surface area (Å²) in [5.74, 6) is -2.04. The Morgan fingerprint density at radius 1 is 0.690 bits per heavy atom. The maximum absolute atomic E-state index is 13.3. The minimum Gasteiger partial charge on any atom is -0.493 e. The fourth-order valence-corrected chi connectivity index (χ4v) is 8.46. The van der Waals surface area contributed by atoms with Crippen molar-refractivity contribution >= 4 is 66.6 Å². The Balaban J connectivity index is 0.000000551. The van der Waals surface area contributed by atoms with Crippen LogP contribution in [0.4, 0.5) is 11.4 Å². The maximum atomic E-state index is 13.3. The van der Waals surface area contributed by atoms with E-state index in [1.807, 2.05) is 13.8 Å². The molecule has 6 rings (SSSR count). The molecular weight excluding hydrogens is 963 g/mol. The molecular formula is C49H67N5O15S2. The Morgan fingerprint density at radius 3 is 1.56 bits per heavy atom. The number of amides is 4. The number of esters is 2. The van der Waals surface area contributed by atoms with Crippen LogP contribution in [0.25, 0.3) is 0 Å². The fraction of sp³-hybridized carbons (Fsp3) is 0.388. The Hall–Kier alpha value is -6.88. The Morgan fingerprint density at radius 2 is 1.13 bits per heavy atom. The molecule has 4 aromatic carbocycles. The number of carbonyl (C=O) groups is 6. The van der Waals surface area contributed by atoms with Crippen LogP contribution in [0, 0.1) is 0 Å². The molecule has 0 aromatic heterocycles. The Kier molecular flexibility index (Phi) is 22.9. The van der Waals surface area contributed by atoms with E-state index in [9.17, 15) is 45.6 Å². The summed E-state index contributed by atoms with van der Waals surface area (Å²) in [4.78, 5) is 72.3. The van der Waals surface area contributed by atoms with Crippen molar-refractivity contribution in [2.75, 3.05) is 68.6 Å². The molecule has 0 unspecified atom stereocenters. The molecule has 4 amide bonds. The number of nitrogens with two attached hydrogens (primary N) is 2. The second kappa shape index (κ2) is 28.7. The van der Waals surface area contributed by atoms with Gasteiger partial charge in [-0.15, -0.1) is 0 Å². The third-order valence-corrected chi connectivity index (χ3v) is 11.2. The van der Waals surface area contributed by atoms with Gasteiger partial charge >= 0.3 is 11.9 Å². The number of hydrogen-bond donors (Lipinski definition) is 4. The van der Waals surface area contributed by atoms with E-state index >= 15 is 0 Å². The van der Waals surface area contributed by atoms with Crippen molar-refractivity contribution < 1.29 is 73.4 Å². The highest BCUT2D eigenvalue weighted by molar-refractivity contribution is 7.90. The van der Waals surface area contributed by atoms with E-state index in [0.717, 1.165) is 17.7 Å². The van der Waals surface area contributed by atoms with E-state index < -0.39 is 74.0 Å². The van der Waals surface area contributed by atoms with Crippen molar-refractivity contribution in [3.8, 4) is 23.0 Å². The zero-order chi connectivity index (χ0) is 55.6. The van der Waals surface area contributed by atoms with Gasteiger partial charge in [-0.05, 0) is 80.1 Å². The molecule has 6 N–H and O–H groups in total. The summed E-state index contributed by atoms with van der Waals surface area (Å²) in [6.45, 7) is 9.19. The molecule has 0 saturated heterocycles. The second-order valence-corrected chi connectivity index (χ2v) is 19.2. The highest BCUT2D eigenvalue weighted by atomic mass is 32.2. The minimum atomic E-state index is -3.60. The average Bonchev–Trinajstić information content (AvgIpc) is 3.71. The number of hydrogen-bond acceptors (Lipinski definition) is 17. The summed E-state index contributed by atoms with van der Waals surface area (Å²) in [6, 6.07) is 17.4. The number of methoxy groups -OCH3 is 2. The SMILES string of the molecule is C.CC(=O)Nc1cccc2c1C(=O)OC2=O.CCN.CCOc1cc([C@@H](CS(C)(=O)=O)N2C(=O)c3cccc(NC(C)=O)c3C2=O)ccc1OC.CCOc1cc([C@H](N)CS(C)(=O)=O)ccc1OC.[2H]C([2H])([2H])C. The number of benzene rings is 4. The van der Waals surface area contributed by atoms with Gasteiger partial charge in [-0.25, -0.2) is 26.4 Å². The summed E-state index contributed by atoms with van der Waals surface area (Å²) in [5, 5.41) is 5.02. The van der Waals surface area contributed by atoms with Crippen LogP contribution >= 0.6 is 0 Å². The molecule has 0 spiro atoms. The van der Waals surface area contributed by atoms with Gasteiger partial charge in [0, 0.05) is 36.5 Å². The van der Waals surface area contributed by atoms with E-state index in [0.29, 0.717) is 53.0 Å². The number of ether oxygens (including phenoxy) is 5. The molecule has 0 fully saturated rings. The van der Waals surface area contributed by atoms with Gasteiger partial charge in [-0.2, -0.15) is 0 Å². The van der Waals surface area contributed by atoms with Gasteiger partial charge in [0.25, 0.3) is 11.8 Å². The van der Waals surface area contributed by atoms with Gasteiger partial charge in [0.15, 0.2) is 23.0 Å². The van der Waals surface area contributed by atoms with Crippen LogP contribution in [0.1, 0.15) is 125 Å². The summed E-state index contributed by atoms with van der Waals surface area (Å²) in [6.07, 6.45) is 2.20. The number of imide groups is 1. The lowest BCUT2D eigenvalue weighted by Crippen LogP contribution is -2.37. The van der Waals surface area contributed by atoms with Gasteiger partial charge in [-0.3, -0.25) is 24.1 Å². The van der Waals surface area contributed by atoms with Crippen molar-refractivity contribution in [2.45, 2.75) is 67.9 Å². The van der Waals surface area contributed by atoms with Crippen LogP contribution in [0.2, 0.25) is 0 Å². The van der Waals surface area contributed by atoms with Crippen molar-refractivity contribution in [1.82, 2.24) is 4.90 Å². The molecule has 71 heavy (non-hydrogen) atoms. The second-order valence-electron chi connectivity index (χ2n) is 14.9. The van der Waals surface area contributed by atoms with Gasteiger partial charge in [-0.1, -0.05) is 52.4 Å². The van der Waals surface area contributed by atoms with Crippen LogP contribution in [0.5, 0.6) is 23.0 Å². The standard InChI is InChI=1S/C22H24N2O7S.C12H19NO4S.C10H7NO4.C2H7N.C2H6.CH4/c1-5-31-19-11-14(9-10-18(19)30-3)17(12-32(4,28)29)24-21(26)15-7-6-8-16(23-13(2)25)20(15)22(24)27;1-4-17-12-7-9(5-6-11(12)16-2)10(13)8-18(3,14)15;1-5(12)11-7-4-2-3-6-8(7)10(14)15-9(6)13;1-2-3;1-2;/h6-11,17H,5,12H2,1-4H3,(H,23,25);5-7,10H,4,8,13H2,1-3H3;2-4H,1H3,(H,11,12);2-3H2,1H3;1-2H3;1H4/t17-;10-;;;;/m11..../s1/i;;;;1D3;. The number of cyclic esters (lactones) is 2. The lowest BCUT2D eigenvalue weighted by atomic mass is 10.1. The van der Waals surface area contributed by atoms with Gasteiger partial charge in [0.05, 0.1) is 78.6 Å². The molecule has 22 heteroatoms. The lowest BCUT2D eigenvalue weighted by molar-refractivity contribution is -0.115. The fourth-order valence-electron chi connectivity index (χ4n) is 6.70. The van der Waals surface area contributed by atoms with Crippen LogP contribution in [-0.4, -0.2) is 115 Å². The third kappa shape index (κ3) is 17.8. The summed E-state index contributed by atoms with van der Waals surface area (Å²) >= 11 is 0. The van der Waals surface area contributed by atoms with Crippen LogP contribution in [0.15, 0.2) is 72.8 Å². The van der Waals surface area contributed by atoms with Gasteiger partial charge < -0.3 is 45.8 Å². The highest BCUT2D eigenvalue weighted by Crippen LogP contribution is 2.39. The van der Waals surface area contributed by atoms with Crippen molar-refractivity contribution in [3.63, 3.8) is 0 Å². The van der Waals surface area contributed by atoms with Crippen molar-refractivity contribution in [2.24, 2.45) is 11.5 Å². The molecule has 20 nitrogen and oxygen atoms in total. The topological polar surface area (TPSA) is 296 Å². The number of sulfone groups is 2. The molecule has 390 valence electrons. The van der Waals surface area contributed by atoms with Crippen molar-refractivity contribution in [1.29, 1.82) is 0 Å². The monoisotopic (exact) mass is 1030 g/mol. The minimum absolute atomic E-state index is 0. The van der Waals surface area contributed by atoms with Crippen molar-refractivity contribution in [3.05, 3.63) is 106 Å². The number of fused-ring (bicyclic) bond motifs is 2. The lowest BCUT2D eigenvalue weighted by Gasteiger charge is -2.27. The van der Waals surface area contributed by atoms with Gasteiger partial charge in [0.2, 0.25) is 11.8 Å². The highest BCUT2D eigenvalue weighted by Gasteiger charge is 2.43. The molecule has 0 bridgehead atoms. The summed E-state index contributed by atoms with van der Waals surface area (Å²) in [7, 11) is -3.69. The Labute approximate surface area is 420 Å². The third-order valence-electron chi connectivity index (χ3n) is 9.28. The smallest absolute Gasteiger partial charge is 0.349 e. The number of carbonyl (C=O) groups excluding carboxylic acids is 6. The first-order valence-electron chi connectivity index (χ1n) is 22.8. The zero-order valence-electron chi connectivity index (χ0n) is 43.7. The Bertz CT molecular complexity index is 2860. The van der Waals surface area contributed by atoms with E-state index in [2.05, 4.69) is 15.4 Å². The van der Waals surface area contributed by atoms with Crippen LogP contribution in [-0.2, 0) is 34.0 Å². The molecule has 0 aliphatic carbocycles. The van der Waals surface area contributed by atoms with Crippen LogP contribution in [0.3, 0.4) is 0 Å². The zero-order valence-corrected chi connectivity index (χ0v) is 42.3. The van der Waals surface area contributed by atoms with Gasteiger partial charge in [0.1, 0.15) is 19.7 Å². The quantitative estimate of drug-likeness (QED) is 0.0589. The van der Waals surface area contributed by atoms with E-state index in [-0.39, 0.29) is 47.0 Å². The first-order valence-corrected chi connectivity index (χ1v) is 25.5. The summed E-state index contributed by atoms with van der Waals surface area (Å²) in [5.41, 5.74) is 12.8. The molecule has 2 aliphatic rings. The largest absolute Gasteiger partial charge is 0.493 e. The predicted octanol–water partition coefficient (Wildman–Crippen LogP) is 6.16. The maximum Gasteiger partial charge on any atom is 0.349 e. The average molecular weight is 1030 g/mol. The number of nitrogens with one attached hydrogen (secondary N) is 2. The predicted molar refractivity (Wildman–Crippen MR) is 272 cm³/mol. The molecule has 2 heterocycles. The normalized spacial score (nSPS) is 13.7. The molecule has 0 saturated carbocycles. The van der Waals surface area contributed by atoms with Crippen LogP contribution < -0.4 is 41.0 Å². The van der Waals surface area contributed by atoms with E-state index in [1.165, 1.54) is 52.3 Å². The molecule has 2 atom stereocenters. The number of nitrogens with zero attached hydrogens (tertiary/aromatic N) is 1. The first-order chi connectivity index (χ1) is 33.9.